The zero-order chi connectivity index (χ0) is 14.4. The normalized spacial score (nSPS) is 23.4. The van der Waals surface area contributed by atoms with E-state index in [0.717, 1.165) is 25.9 Å². The molecule has 0 aliphatic carbocycles. The zero-order valence-corrected chi connectivity index (χ0v) is 12.3. The van der Waals surface area contributed by atoms with Crippen LogP contribution in [0.25, 0.3) is 0 Å². The Morgan fingerprint density at radius 3 is 2.80 bits per heavy atom. The van der Waals surface area contributed by atoms with Crippen molar-refractivity contribution < 1.29 is 14.3 Å². The van der Waals surface area contributed by atoms with E-state index in [1.54, 1.807) is 0 Å². The van der Waals surface area contributed by atoms with Crippen LogP contribution in [-0.2, 0) is 14.3 Å². The van der Waals surface area contributed by atoms with E-state index >= 15 is 0 Å². The lowest BCUT2D eigenvalue weighted by Crippen LogP contribution is -2.43. The van der Waals surface area contributed by atoms with Gasteiger partial charge in [0.1, 0.15) is 0 Å². The number of amides is 2. The predicted molar refractivity (Wildman–Crippen MR) is 75.3 cm³/mol. The van der Waals surface area contributed by atoms with Crippen LogP contribution in [0.5, 0.6) is 0 Å². The molecular formula is C14H25N3O3. The minimum absolute atomic E-state index is 0.0477. The summed E-state index contributed by atoms with van der Waals surface area (Å²) in [6, 6.07) is -0.0477. The molecule has 114 valence electrons. The van der Waals surface area contributed by atoms with E-state index in [0.29, 0.717) is 39.3 Å². The summed E-state index contributed by atoms with van der Waals surface area (Å²) in [5, 5.41) is 3.26. The highest BCUT2D eigenvalue weighted by molar-refractivity contribution is 5.84. The number of nitrogens with one attached hydrogen (secondary N) is 1. The van der Waals surface area contributed by atoms with Gasteiger partial charge >= 0.3 is 0 Å². The number of hydrogen-bond acceptors (Lipinski definition) is 4. The molecule has 0 aromatic rings. The third-order valence-corrected chi connectivity index (χ3v) is 3.90. The highest BCUT2D eigenvalue weighted by atomic mass is 16.5. The fourth-order valence-electron chi connectivity index (χ4n) is 2.67. The molecule has 0 aromatic carbocycles. The van der Waals surface area contributed by atoms with E-state index in [9.17, 15) is 9.59 Å². The van der Waals surface area contributed by atoms with Gasteiger partial charge in [-0.1, -0.05) is 6.92 Å². The van der Waals surface area contributed by atoms with E-state index in [1.807, 2.05) is 9.80 Å². The van der Waals surface area contributed by atoms with E-state index in [4.69, 9.17) is 4.74 Å². The summed E-state index contributed by atoms with van der Waals surface area (Å²) in [4.78, 5) is 27.8. The molecule has 2 aliphatic rings. The lowest BCUT2D eigenvalue weighted by molar-refractivity contribution is -0.136. The Labute approximate surface area is 120 Å². The summed E-state index contributed by atoms with van der Waals surface area (Å²) < 4.78 is 5.23. The van der Waals surface area contributed by atoms with Crippen LogP contribution < -0.4 is 5.32 Å². The first-order valence-electron chi connectivity index (χ1n) is 7.60. The van der Waals surface area contributed by atoms with Crippen molar-refractivity contribution in [3.63, 3.8) is 0 Å². The number of ether oxygens (including phenoxy) is 1. The van der Waals surface area contributed by atoms with Crippen molar-refractivity contribution in [1.29, 1.82) is 0 Å². The standard InChI is InChI=1S/C14H25N3O3/c1-2-5-15-12-3-6-17(14(12)19)7-4-13(18)16-8-10-20-11-9-16/h12,15H,2-11H2,1H3. The second-order valence-corrected chi connectivity index (χ2v) is 5.36. The number of morpholine rings is 1. The zero-order valence-electron chi connectivity index (χ0n) is 12.3. The van der Waals surface area contributed by atoms with E-state index < -0.39 is 0 Å². The van der Waals surface area contributed by atoms with Crippen molar-refractivity contribution in [2.45, 2.75) is 32.2 Å². The number of rotatable bonds is 6. The summed E-state index contributed by atoms with van der Waals surface area (Å²) in [6.45, 7) is 6.85. The number of carbonyl (C=O) groups excluding carboxylic acids is 2. The topological polar surface area (TPSA) is 61.9 Å². The van der Waals surface area contributed by atoms with Gasteiger partial charge in [-0.2, -0.15) is 0 Å². The third kappa shape index (κ3) is 3.93. The molecule has 1 atom stereocenters. The van der Waals surface area contributed by atoms with Crippen LogP contribution in [0.3, 0.4) is 0 Å². The molecule has 0 saturated carbocycles. The largest absolute Gasteiger partial charge is 0.378 e. The van der Waals surface area contributed by atoms with Crippen molar-refractivity contribution in [3.05, 3.63) is 0 Å². The Morgan fingerprint density at radius 1 is 1.35 bits per heavy atom. The molecule has 1 unspecified atom stereocenters. The molecule has 6 heteroatoms. The molecule has 0 aromatic heterocycles. The molecule has 1 N–H and O–H groups in total. The van der Waals surface area contributed by atoms with Crippen molar-refractivity contribution in [2.75, 3.05) is 45.9 Å². The van der Waals surface area contributed by atoms with Gasteiger partial charge in [0.05, 0.1) is 19.3 Å². The minimum atomic E-state index is -0.0477. The average Bonchev–Trinajstić information content (AvgIpc) is 2.84. The third-order valence-electron chi connectivity index (χ3n) is 3.90. The van der Waals surface area contributed by atoms with Gasteiger partial charge in [-0.15, -0.1) is 0 Å². The van der Waals surface area contributed by atoms with Gasteiger partial charge in [0.15, 0.2) is 0 Å². The van der Waals surface area contributed by atoms with Crippen molar-refractivity contribution in [2.24, 2.45) is 0 Å². The lowest BCUT2D eigenvalue weighted by atomic mass is 10.2. The van der Waals surface area contributed by atoms with Gasteiger partial charge in [-0.25, -0.2) is 0 Å². The molecule has 2 saturated heterocycles. The minimum Gasteiger partial charge on any atom is -0.378 e. The van der Waals surface area contributed by atoms with Crippen LogP contribution in [0.4, 0.5) is 0 Å². The second-order valence-electron chi connectivity index (χ2n) is 5.36. The van der Waals surface area contributed by atoms with E-state index in [2.05, 4.69) is 12.2 Å². The molecule has 2 amide bonds. The number of nitrogens with zero attached hydrogens (tertiary/aromatic N) is 2. The van der Waals surface area contributed by atoms with Gasteiger partial charge in [-0.05, 0) is 19.4 Å². The molecule has 2 heterocycles. The average molecular weight is 283 g/mol. The van der Waals surface area contributed by atoms with Gasteiger partial charge in [0, 0.05) is 32.6 Å². The highest BCUT2D eigenvalue weighted by Crippen LogP contribution is 2.12. The first-order chi connectivity index (χ1) is 9.72. The molecule has 0 spiro atoms. The molecule has 2 aliphatic heterocycles. The molecule has 0 bridgehead atoms. The number of hydrogen-bond donors (Lipinski definition) is 1. The number of carbonyl (C=O) groups is 2. The summed E-state index contributed by atoms with van der Waals surface area (Å²) in [7, 11) is 0. The second kappa shape index (κ2) is 7.59. The molecule has 0 radical (unpaired) electrons. The summed E-state index contributed by atoms with van der Waals surface area (Å²) in [6.07, 6.45) is 2.30. The van der Waals surface area contributed by atoms with Gasteiger partial charge in [0.25, 0.3) is 0 Å². The maximum atomic E-state index is 12.1. The fourth-order valence-corrected chi connectivity index (χ4v) is 2.67. The van der Waals surface area contributed by atoms with Crippen LogP contribution in [-0.4, -0.2) is 73.6 Å². The Hall–Kier alpha value is -1.14. The van der Waals surface area contributed by atoms with Crippen molar-refractivity contribution in [1.82, 2.24) is 15.1 Å². The summed E-state index contributed by atoms with van der Waals surface area (Å²) in [5.41, 5.74) is 0. The Morgan fingerprint density at radius 2 is 2.10 bits per heavy atom. The monoisotopic (exact) mass is 283 g/mol. The summed E-state index contributed by atoms with van der Waals surface area (Å²) >= 11 is 0. The first kappa shape index (κ1) is 15.3. The first-order valence-corrected chi connectivity index (χ1v) is 7.60. The molecular weight excluding hydrogens is 258 g/mol. The van der Waals surface area contributed by atoms with E-state index in [1.165, 1.54) is 0 Å². The van der Waals surface area contributed by atoms with Crippen molar-refractivity contribution >= 4 is 11.8 Å². The van der Waals surface area contributed by atoms with Gasteiger partial charge < -0.3 is 19.9 Å². The van der Waals surface area contributed by atoms with Gasteiger partial charge in [0.2, 0.25) is 11.8 Å². The predicted octanol–water partition coefficient (Wildman–Crippen LogP) is -0.164. The smallest absolute Gasteiger partial charge is 0.239 e. The van der Waals surface area contributed by atoms with Crippen LogP contribution >= 0.6 is 0 Å². The maximum absolute atomic E-state index is 12.1. The van der Waals surface area contributed by atoms with Crippen LogP contribution in [0.2, 0.25) is 0 Å². The SMILES string of the molecule is CCCNC1CCN(CCC(=O)N2CCOCC2)C1=O. The highest BCUT2D eigenvalue weighted by Gasteiger charge is 2.31. The molecule has 2 fully saturated rings. The maximum Gasteiger partial charge on any atom is 0.239 e. The summed E-state index contributed by atoms with van der Waals surface area (Å²) in [5.74, 6) is 0.277. The fraction of sp³-hybridized carbons (Fsp3) is 0.857. The van der Waals surface area contributed by atoms with Crippen LogP contribution in [0.15, 0.2) is 0 Å². The molecule has 6 nitrogen and oxygen atoms in total. The van der Waals surface area contributed by atoms with Gasteiger partial charge in [-0.3, -0.25) is 9.59 Å². The lowest BCUT2D eigenvalue weighted by Gasteiger charge is -2.27. The Kier molecular flexibility index (Phi) is 5.79. The Bertz CT molecular complexity index is 343. The molecule has 2 rings (SSSR count). The Balaban J connectivity index is 1.71. The number of likely N-dealkylation sites (tertiary alicyclic amines) is 1. The molecule has 20 heavy (non-hydrogen) atoms. The van der Waals surface area contributed by atoms with E-state index in [-0.39, 0.29) is 17.9 Å². The van der Waals surface area contributed by atoms with Crippen molar-refractivity contribution in [3.8, 4) is 0 Å². The van der Waals surface area contributed by atoms with Crippen LogP contribution in [0.1, 0.15) is 26.2 Å². The van der Waals surface area contributed by atoms with Crippen LogP contribution in [0, 0.1) is 0 Å². The quantitative estimate of drug-likeness (QED) is 0.735.